The van der Waals surface area contributed by atoms with Gasteiger partial charge in [0.05, 0.1) is 0 Å². The summed E-state index contributed by atoms with van der Waals surface area (Å²) < 4.78 is 0. The van der Waals surface area contributed by atoms with Crippen LogP contribution < -0.4 is 4.90 Å². The van der Waals surface area contributed by atoms with Gasteiger partial charge in [0.15, 0.2) is 0 Å². The molecule has 0 spiro atoms. The summed E-state index contributed by atoms with van der Waals surface area (Å²) in [6.07, 6.45) is 0. The van der Waals surface area contributed by atoms with E-state index in [2.05, 4.69) is 254 Å². The first-order valence-corrected chi connectivity index (χ1v) is 20.2. The zero-order valence-corrected chi connectivity index (χ0v) is 32.6. The van der Waals surface area contributed by atoms with Gasteiger partial charge >= 0.3 is 0 Å². The third kappa shape index (κ3) is 7.58. The molecule has 0 fully saturated rings. The molecule has 0 aliphatic heterocycles. The summed E-state index contributed by atoms with van der Waals surface area (Å²) in [6.45, 7) is 0. The van der Waals surface area contributed by atoms with Crippen molar-refractivity contribution < 1.29 is 0 Å². The second-order valence-corrected chi connectivity index (χ2v) is 15.0. The molecule has 0 N–H and O–H groups in total. The maximum Gasteiger partial charge on any atom is 0.0462 e. The molecule has 0 aromatic heterocycles. The summed E-state index contributed by atoms with van der Waals surface area (Å²) in [6, 6.07) is 89.8. The monoisotopic (exact) mass is 751 g/mol. The van der Waals surface area contributed by atoms with E-state index in [1.165, 1.54) is 77.5 Å². The molecule has 1 heteroatoms. The Labute approximate surface area is 346 Å². The Morgan fingerprint density at radius 2 is 0.458 bits per heavy atom. The molecular weight excluding hydrogens is 711 g/mol. The van der Waals surface area contributed by atoms with Gasteiger partial charge in [-0.2, -0.15) is 0 Å². The minimum atomic E-state index is 1.09. The van der Waals surface area contributed by atoms with Crippen LogP contribution in [0.25, 0.3) is 77.5 Å². The zero-order chi connectivity index (χ0) is 39.4. The third-order valence-corrected chi connectivity index (χ3v) is 11.2. The van der Waals surface area contributed by atoms with E-state index in [1.807, 2.05) is 0 Å². The topological polar surface area (TPSA) is 3.24 Å². The van der Waals surface area contributed by atoms with Gasteiger partial charge in [-0.3, -0.25) is 0 Å². The molecular formula is C58H41N. The van der Waals surface area contributed by atoms with Crippen LogP contribution in [-0.2, 0) is 0 Å². The predicted octanol–water partition coefficient (Wildman–Crippen LogP) is 16.3. The van der Waals surface area contributed by atoms with Crippen molar-refractivity contribution in [2.45, 2.75) is 0 Å². The average Bonchev–Trinajstić information content (AvgIpc) is 3.33. The second-order valence-electron chi connectivity index (χ2n) is 15.0. The van der Waals surface area contributed by atoms with Crippen LogP contribution in [0.15, 0.2) is 249 Å². The highest BCUT2D eigenvalue weighted by Crippen LogP contribution is 2.39. The molecule has 0 atom stereocenters. The molecule has 10 rings (SSSR count). The number of nitrogens with zero attached hydrogens (tertiary/aromatic N) is 1. The van der Waals surface area contributed by atoms with Gasteiger partial charge in [-0.1, -0.05) is 182 Å². The lowest BCUT2D eigenvalue weighted by Crippen LogP contribution is -2.09. The first-order valence-electron chi connectivity index (χ1n) is 20.2. The van der Waals surface area contributed by atoms with Gasteiger partial charge in [0.2, 0.25) is 0 Å². The number of anilines is 3. The normalized spacial score (nSPS) is 11.1. The smallest absolute Gasteiger partial charge is 0.0462 e. The maximum atomic E-state index is 2.35. The molecule has 0 saturated carbocycles. The van der Waals surface area contributed by atoms with Crippen molar-refractivity contribution in [2.24, 2.45) is 0 Å². The Balaban J connectivity index is 1.01. The van der Waals surface area contributed by atoms with Gasteiger partial charge in [-0.05, 0) is 144 Å². The van der Waals surface area contributed by atoms with Gasteiger partial charge in [0.1, 0.15) is 0 Å². The van der Waals surface area contributed by atoms with E-state index in [1.54, 1.807) is 0 Å². The molecule has 0 amide bonds. The maximum absolute atomic E-state index is 2.35. The zero-order valence-electron chi connectivity index (χ0n) is 32.6. The molecule has 0 unspecified atom stereocenters. The van der Waals surface area contributed by atoms with Crippen molar-refractivity contribution in [3.05, 3.63) is 249 Å². The van der Waals surface area contributed by atoms with Crippen molar-refractivity contribution in [1.29, 1.82) is 0 Å². The van der Waals surface area contributed by atoms with Crippen LogP contribution in [0.3, 0.4) is 0 Å². The summed E-state index contributed by atoms with van der Waals surface area (Å²) >= 11 is 0. The minimum Gasteiger partial charge on any atom is -0.311 e. The van der Waals surface area contributed by atoms with Gasteiger partial charge in [0, 0.05) is 17.1 Å². The van der Waals surface area contributed by atoms with Gasteiger partial charge < -0.3 is 4.90 Å². The lowest BCUT2D eigenvalue weighted by molar-refractivity contribution is 1.28. The lowest BCUT2D eigenvalue weighted by atomic mass is 9.93. The van der Waals surface area contributed by atoms with Crippen molar-refractivity contribution in [1.82, 2.24) is 0 Å². The van der Waals surface area contributed by atoms with E-state index >= 15 is 0 Å². The standard InChI is InChI=1S/C58H41N/c1-4-13-42(14-5-1)46-25-31-56(32-26-46)59(57-33-27-47(28-34-57)50-21-12-22-51(37-50)52-24-23-45-19-10-11-20-49(45)38-52)58-35-29-48(30-36-58)55-40-53(43-15-6-2-7-16-43)39-54(41-55)44-17-8-3-9-18-44/h1-41H. The minimum absolute atomic E-state index is 1.09. The fourth-order valence-corrected chi connectivity index (χ4v) is 8.12. The molecule has 1 nitrogen and oxygen atoms in total. The second kappa shape index (κ2) is 16.0. The number of hydrogen-bond acceptors (Lipinski definition) is 1. The summed E-state index contributed by atoms with van der Waals surface area (Å²) in [5.41, 5.74) is 17.7. The van der Waals surface area contributed by atoms with Crippen LogP contribution in [-0.4, -0.2) is 0 Å². The van der Waals surface area contributed by atoms with Crippen LogP contribution >= 0.6 is 0 Å². The predicted molar refractivity (Wildman–Crippen MR) is 251 cm³/mol. The third-order valence-electron chi connectivity index (χ3n) is 11.2. The molecule has 59 heavy (non-hydrogen) atoms. The van der Waals surface area contributed by atoms with Gasteiger partial charge in [-0.25, -0.2) is 0 Å². The number of fused-ring (bicyclic) bond motifs is 1. The molecule has 0 radical (unpaired) electrons. The Bertz CT molecular complexity index is 2930. The highest BCUT2D eigenvalue weighted by Gasteiger charge is 2.15. The fourth-order valence-electron chi connectivity index (χ4n) is 8.12. The quantitative estimate of drug-likeness (QED) is 0.142. The first-order chi connectivity index (χ1) is 29.2. The lowest BCUT2D eigenvalue weighted by Gasteiger charge is -2.26. The first kappa shape index (κ1) is 35.7. The summed E-state index contributed by atoms with van der Waals surface area (Å²) in [5.74, 6) is 0. The van der Waals surface area contributed by atoms with E-state index in [9.17, 15) is 0 Å². The fraction of sp³-hybridized carbons (Fsp3) is 0. The van der Waals surface area contributed by atoms with Crippen molar-refractivity contribution in [2.75, 3.05) is 4.90 Å². The average molecular weight is 752 g/mol. The Kier molecular flexibility index (Phi) is 9.68. The molecule has 0 heterocycles. The van der Waals surface area contributed by atoms with E-state index in [0.29, 0.717) is 0 Å². The number of rotatable bonds is 9. The molecule has 10 aromatic carbocycles. The molecule has 0 bridgehead atoms. The number of benzene rings is 10. The van der Waals surface area contributed by atoms with Crippen molar-refractivity contribution in [3.63, 3.8) is 0 Å². The Hall–Kier alpha value is -7.74. The van der Waals surface area contributed by atoms with Crippen LogP contribution in [0.2, 0.25) is 0 Å². The van der Waals surface area contributed by atoms with E-state index in [-0.39, 0.29) is 0 Å². The van der Waals surface area contributed by atoms with Gasteiger partial charge in [0.25, 0.3) is 0 Å². The van der Waals surface area contributed by atoms with Crippen LogP contribution in [0.4, 0.5) is 17.1 Å². The van der Waals surface area contributed by atoms with E-state index in [0.717, 1.165) is 17.1 Å². The molecule has 278 valence electrons. The van der Waals surface area contributed by atoms with E-state index in [4.69, 9.17) is 0 Å². The summed E-state index contributed by atoms with van der Waals surface area (Å²) in [5, 5.41) is 2.51. The summed E-state index contributed by atoms with van der Waals surface area (Å²) in [7, 11) is 0. The van der Waals surface area contributed by atoms with Crippen LogP contribution in [0.1, 0.15) is 0 Å². The molecule has 10 aromatic rings. The summed E-state index contributed by atoms with van der Waals surface area (Å²) in [4.78, 5) is 2.35. The number of hydrogen-bond donors (Lipinski definition) is 0. The van der Waals surface area contributed by atoms with Gasteiger partial charge in [-0.15, -0.1) is 0 Å². The largest absolute Gasteiger partial charge is 0.311 e. The SMILES string of the molecule is c1ccc(-c2ccc(N(c3ccc(-c4cccc(-c5ccc6ccccc6c5)c4)cc3)c3ccc(-c4cc(-c5ccccc5)cc(-c5ccccc5)c4)cc3)cc2)cc1. The molecule has 0 saturated heterocycles. The van der Waals surface area contributed by atoms with Crippen molar-refractivity contribution >= 4 is 27.8 Å². The van der Waals surface area contributed by atoms with Crippen LogP contribution in [0.5, 0.6) is 0 Å². The Morgan fingerprint density at radius 1 is 0.169 bits per heavy atom. The highest BCUT2D eigenvalue weighted by molar-refractivity contribution is 5.89. The van der Waals surface area contributed by atoms with Crippen LogP contribution in [0, 0.1) is 0 Å². The highest BCUT2D eigenvalue weighted by atomic mass is 15.1. The van der Waals surface area contributed by atoms with Crippen molar-refractivity contribution in [3.8, 4) is 66.8 Å². The molecule has 0 aliphatic rings. The molecule has 0 aliphatic carbocycles. The van der Waals surface area contributed by atoms with E-state index < -0.39 is 0 Å². The Morgan fingerprint density at radius 3 is 0.932 bits per heavy atom.